The van der Waals surface area contributed by atoms with Gasteiger partial charge in [-0.25, -0.2) is 0 Å². The predicted octanol–water partition coefficient (Wildman–Crippen LogP) is 1.99. The highest BCUT2D eigenvalue weighted by atomic mass is 35.5. The first-order valence-electron chi connectivity index (χ1n) is 5.85. The van der Waals surface area contributed by atoms with Gasteiger partial charge in [-0.2, -0.15) is 0 Å². The number of nitrogens with one attached hydrogen (secondary N) is 1. The molecule has 0 aliphatic rings. The molecule has 2 rings (SSSR count). The maximum Gasteiger partial charge on any atom is 0.260 e. The molecule has 0 fully saturated rings. The lowest BCUT2D eigenvalue weighted by molar-refractivity contribution is 0.102. The topological polar surface area (TPSA) is 73.5 Å². The number of ether oxygens (including phenoxy) is 1. The second-order valence-electron chi connectivity index (χ2n) is 4.00. The molecule has 0 atom stereocenters. The van der Waals surface area contributed by atoms with Crippen LogP contribution in [0.2, 0.25) is 5.22 Å². The van der Waals surface area contributed by atoms with Crippen LogP contribution >= 0.6 is 11.6 Å². The fourth-order valence-corrected chi connectivity index (χ4v) is 1.82. The maximum absolute atomic E-state index is 11.9. The molecule has 0 bridgehead atoms. The van der Waals surface area contributed by atoms with Gasteiger partial charge >= 0.3 is 0 Å². The number of methoxy groups -OCH3 is 1. The first-order valence-corrected chi connectivity index (χ1v) is 6.23. The number of halogens is 1. The van der Waals surface area contributed by atoms with E-state index in [1.54, 1.807) is 13.3 Å². The summed E-state index contributed by atoms with van der Waals surface area (Å²) in [4.78, 5) is 23.5. The highest BCUT2D eigenvalue weighted by Crippen LogP contribution is 2.18. The number of pyridine rings is 1. The van der Waals surface area contributed by atoms with Gasteiger partial charge in [-0.3, -0.25) is 9.59 Å². The van der Waals surface area contributed by atoms with Crippen LogP contribution in [0.3, 0.4) is 0 Å². The van der Waals surface area contributed by atoms with E-state index in [0.717, 1.165) is 0 Å². The molecule has 0 spiro atoms. The van der Waals surface area contributed by atoms with Crippen LogP contribution in [0.4, 0.5) is 5.69 Å². The van der Waals surface area contributed by atoms with Gasteiger partial charge < -0.3 is 19.0 Å². The fraction of sp³-hybridized carbons (Fsp3) is 0.231. The highest BCUT2D eigenvalue weighted by molar-refractivity contribution is 6.32. The number of anilines is 1. The zero-order chi connectivity index (χ0) is 14.5. The van der Waals surface area contributed by atoms with Crippen molar-refractivity contribution in [2.75, 3.05) is 19.0 Å². The number of hydrogen-bond acceptors (Lipinski definition) is 4. The van der Waals surface area contributed by atoms with Gasteiger partial charge in [-0.05, 0) is 23.7 Å². The quantitative estimate of drug-likeness (QED) is 0.916. The summed E-state index contributed by atoms with van der Waals surface area (Å²) in [6.45, 7) is 0.816. The minimum absolute atomic E-state index is 0.0233. The van der Waals surface area contributed by atoms with Crippen LogP contribution in [0, 0.1) is 0 Å². The highest BCUT2D eigenvalue weighted by Gasteiger charge is 2.13. The van der Waals surface area contributed by atoms with Crippen molar-refractivity contribution in [3.63, 3.8) is 0 Å². The average Bonchev–Trinajstić information content (AvgIpc) is 2.85. The Balaban J connectivity index is 2.15. The van der Waals surface area contributed by atoms with Crippen LogP contribution in [0.1, 0.15) is 10.4 Å². The third kappa shape index (κ3) is 3.28. The van der Waals surface area contributed by atoms with Gasteiger partial charge in [-0.15, -0.1) is 0 Å². The molecule has 0 radical (unpaired) electrons. The standard InChI is InChI=1S/C13H13ClN2O4/c1-19-7-5-16-8-9(2-3-11(16)17)15-13(18)10-4-6-20-12(10)14/h2-4,6,8H,5,7H2,1H3,(H,15,18). The molecule has 7 heteroatoms. The maximum atomic E-state index is 11.9. The monoisotopic (exact) mass is 296 g/mol. The van der Waals surface area contributed by atoms with Gasteiger partial charge in [0.25, 0.3) is 11.5 Å². The Kier molecular flexibility index (Phi) is 4.60. The van der Waals surface area contributed by atoms with Crippen LogP contribution in [-0.2, 0) is 11.3 Å². The normalized spacial score (nSPS) is 10.5. The summed E-state index contributed by atoms with van der Waals surface area (Å²) in [7, 11) is 1.55. The third-order valence-electron chi connectivity index (χ3n) is 2.64. The van der Waals surface area contributed by atoms with E-state index in [1.807, 2.05) is 0 Å². The van der Waals surface area contributed by atoms with Gasteiger partial charge in [0.2, 0.25) is 5.22 Å². The van der Waals surface area contributed by atoms with Crippen molar-refractivity contribution in [2.24, 2.45) is 0 Å². The van der Waals surface area contributed by atoms with Crippen molar-refractivity contribution in [3.8, 4) is 0 Å². The molecule has 0 aromatic carbocycles. The molecular formula is C13H13ClN2O4. The number of nitrogens with zero attached hydrogens (tertiary/aromatic N) is 1. The molecule has 2 heterocycles. The Morgan fingerprint density at radius 3 is 2.90 bits per heavy atom. The molecule has 20 heavy (non-hydrogen) atoms. The molecule has 0 aliphatic heterocycles. The fourth-order valence-electron chi connectivity index (χ4n) is 1.62. The summed E-state index contributed by atoms with van der Waals surface area (Å²) in [5.74, 6) is -0.402. The van der Waals surface area contributed by atoms with Crippen LogP contribution in [0.15, 0.2) is 39.9 Å². The zero-order valence-corrected chi connectivity index (χ0v) is 11.5. The van der Waals surface area contributed by atoms with Gasteiger partial charge in [0, 0.05) is 25.9 Å². The van der Waals surface area contributed by atoms with Gasteiger partial charge in [0.1, 0.15) is 0 Å². The zero-order valence-electron chi connectivity index (χ0n) is 10.8. The molecule has 1 amide bonds. The second kappa shape index (κ2) is 6.40. The summed E-state index contributed by atoms with van der Waals surface area (Å²) in [6.07, 6.45) is 2.88. The van der Waals surface area contributed by atoms with Crippen LogP contribution < -0.4 is 10.9 Å². The lowest BCUT2D eigenvalue weighted by Gasteiger charge is -2.08. The summed E-state index contributed by atoms with van der Waals surface area (Å²) in [6, 6.07) is 4.37. The van der Waals surface area contributed by atoms with Crippen molar-refractivity contribution >= 4 is 23.2 Å². The number of carbonyl (C=O) groups is 1. The molecule has 0 saturated carbocycles. The Morgan fingerprint density at radius 1 is 1.45 bits per heavy atom. The van der Waals surface area contributed by atoms with Crippen molar-refractivity contribution in [1.82, 2.24) is 4.57 Å². The average molecular weight is 297 g/mol. The van der Waals surface area contributed by atoms with E-state index in [2.05, 4.69) is 5.32 Å². The summed E-state index contributed by atoms with van der Waals surface area (Å²) >= 11 is 5.73. The summed E-state index contributed by atoms with van der Waals surface area (Å²) < 4.78 is 11.2. The van der Waals surface area contributed by atoms with Crippen LogP contribution in [0.5, 0.6) is 0 Å². The molecule has 0 saturated heterocycles. The third-order valence-corrected chi connectivity index (χ3v) is 2.93. The number of hydrogen-bond donors (Lipinski definition) is 1. The first-order chi connectivity index (χ1) is 9.61. The van der Waals surface area contributed by atoms with E-state index < -0.39 is 5.91 Å². The van der Waals surface area contributed by atoms with Crippen molar-refractivity contribution in [1.29, 1.82) is 0 Å². The Morgan fingerprint density at radius 2 is 2.25 bits per heavy atom. The number of aromatic nitrogens is 1. The summed E-state index contributed by atoms with van der Waals surface area (Å²) in [5, 5.41) is 2.67. The smallest absolute Gasteiger partial charge is 0.260 e. The van der Waals surface area contributed by atoms with Crippen molar-refractivity contribution in [2.45, 2.75) is 6.54 Å². The van der Waals surface area contributed by atoms with E-state index in [1.165, 1.54) is 29.0 Å². The minimum Gasteiger partial charge on any atom is -0.452 e. The molecular weight excluding hydrogens is 284 g/mol. The molecule has 6 nitrogen and oxygen atoms in total. The van der Waals surface area contributed by atoms with Crippen molar-refractivity contribution < 1.29 is 13.9 Å². The van der Waals surface area contributed by atoms with E-state index in [4.69, 9.17) is 20.8 Å². The minimum atomic E-state index is -0.402. The van der Waals surface area contributed by atoms with E-state index in [-0.39, 0.29) is 16.3 Å². The number of rotatable bonds is 5. The van der Waals surface area contributed by atoms with E-state index in [9.17, 15) is 9.59 Å². The number of furan rings is 1. The summed E-state index contributed by atoms with van der Waals surface area (Å²) in [5.41, 5.74) is 0.561. The lowest BCUT2D eigenvalue weighted by atomic mass is 10.3. The largest absolute Gasteiger partial charge is 0.452 e. The first kappa shape index (κ1) is 14.4. The van der Waals surface area contributed by atoms with Crippen LogP contribution in [-0.4, -0.2) is 24.2 Å². The van der Waals surface area contributed by atoms with Crippen molar-refractivity contribution in [3.05, 3.63) is 51.8 Å². The SMILES string of the molecule is COCCn1cc(NC(=O)c2ccoc2Cl)ccc1=O. The lowest BCUT2D eigenvalue weighted by Crippen LogP contribution is -2.22. The van der Waals surface area contributed by atoms with Gasteiger partial charge in [0.15, 0.2) is 0 Å². The molecule has 1 N–H and O–H groups in total. The van der Waals surface area contributed by atoms with E-state index in [0.29, 0.717) is 18.8 Å². The molecule has 0 aliphatic carbocycles. The Hall–Kier alpha value is -2.05. The Labute approximate surface area is 119 Å². The molecule has 2 aromatic rings. The number of amides is 1. The predicted molar refractivity (Wildman–Crippen MR) is 74.2 cm³/mol. The number of carbonyl (C=O) groups excluding carboxylic acids is 1. The second-order valence-corrected chi connectivity index (χ2v) is 4.35. The van der Waals surface area contributed by atoms with E-state index >= 15 is 0 Å². The Bertz CT molecular complexity index is 662. The van der Waals surface area contributed by atoms with Gasteiger partial charge in [0.05, 0.1) is 24.1 Å². The molecule has 106 valence electrons. The molecule has 2 aromatic heterocycles. The molecule has 0 unspecified atom stereocenters. The van der Waals surface area contributed by atoms with Crippen LogP contribution in [0.25, 0.3) is 0 Å². The van der Waals surface area contributed by atoms with Gasteiger partial charge in [-0.1, -0.05) is 0 Å².